The zero-order chi connectivity index (χ0) is 30.3. The second-order valence-corrected chi connectivity index (χ2v) is 12.7. The maximum atomic E-state index is 14.2. The van der Waals surface area contributed by atoms with Crippen LogP contribution in [0.3, 0.4) is 0 Å². The van der Waals surface area contributed by atoms with Crippen LogP contribution in [0.5, 0.6) is 5.75 Å². The van der Waals surface area contributed by atoms with E-state index in [1.54, 1.807) is 30.3 Å². The molecule has 0 heterocycles. The number of rotatable bonds is 12. The van der Waals surface area contributed by atoms with Crippen molar-refractivity contribution in [1.82, 2.24) is 10.2 Å². The van der Waals surface area contributed by atoms with Gasteiger partial charge in [0.15, 0.2) is 0 Å². The Labute approximate surface area is 247 Å². The van der Waals surface area contributed by atoms with Gasteiger partial charge in [0.2, 0.25) is 21.8 Å². The first-order valence-corrected chi connectivity index (χ1v) is 15.9. The van der Waals surface area contributed by atoms with Gasteiger partial charge in [0.25, 0.3) is 0 Å². The van der Waals surface area contributed by atoms with Gasteiger partial charge in [0.05, 0.1) is 19.1 Å². The van der Waals surface area contributed by atoms with Gasteiger partial charge in [0, 0.05) is 19.0 Å². The highest BCUT2D eigenvalue weighted by molar-refractivity contribution is 7.92. The maximum Gasteiger partial charge on any atom is 0.244 e. The Morgan fingerprint density at radius 3 is 2.29 bits per heavy atom. The number of nitrogens with one attached hydrogen (secondary N) is 1. The molecule has 1 aliphatic carbocycles. The summed E-state index contributed by atoms with van der Waals surface area (Å²) in [6.45, 7) is 1.24. The minimum absolute atomic E-state index is 0.0163. The number of ether oxygens (including phenoxy) is 1. The SMILES string of the molecule is COc1ccc(C)cc1N(CC(=O)N(Cc1ccc(F)cc1)[C@H](Cc1ccccc1)C(=O)NC1CCCC1)S(C)(=O)=O. The van der Waals surface area contributed by atoms with Gasteiger partial charge in [-0.2, -0.15) is 0 Å². The highest BCUT2D eigenvalue weighted by atomic mass is 32.2. The van der Waals surface area contributed by atoms with Gasteiger partial charge in [0.1, 0.15) is 24.2 Å². The van der Waals surface area contributed by atoms with E-state index in [9.17, 15) is 22.4 Å². The molecule has 0 spiro atoms. The molecular weight excluding hydrogens is 557 g/mol. The highest BCUT2D eigenvalue weighted by Crippen LogP contribution is 2.31. The Bertz CT molecular complexity index is 1480. The van der Waals surface area contributed by atoms with E-state index in [0.717, 1.165) is 47.4 Å². The molecule has 1 fully saturated rings. The molecule has 2 amide bonds. The largest absolute Gasteiger partial charge is 0.495 e. The molecule has 224 valence electrons. The molecule has 0 bridgehead atoms. The summed E-state index contributed by atoms with van der Waals surface area (Å²) in [5.74, 6) is -1.01. The highest BCUT2D eigenvalue weighted by Gasteiger charge is 2.34. The van der Waals surface area contributed by atoms with E-state index in [-0.39, 0.29) is 30.6 Å². The second-order valence-electron chi connectivity index (χ2n) is 10.8. The number of carbonyl (C=O) groups is 2. The van der Waals surface area contributed by atoms with Crippen LogP contribution >= 0.6 is 0 Å². The van der Waals surface area contributed by atoms with E-state index in [1.165, 1.54) is 24.1 Å². The van der Waals surface area contributed by atoms with Crippen molar-refractivity contribution in [2.24, 2.45) is 0 Å². The lowest BCUT2D eigenvalue weighted by Crippen LogP contribution is -2.54. The Morgan fingerprint density at radius 2 is 1.67 bits per heavy atom. The van der Waals surface area contributed by atoms with Crippen molar-refractivity contribution in [1.29, 1.82) is 0 Å². The van der Waals surface area contributed by atoms with Crippen molar-refractivity contribution >= 4 is 27.5 Å². The minimum atomic E-state index is -3.94. The van der Waals surface area contributed by atoms with Crippen LogP contribution in [0.25, 0.3) is 0 Å². The van der Waals surface area contributed by atoms with Gasteiger partial charge in [-0.25, -0.2) is 12.8 Å². The first-order valence-electron chi connectivity index (χ1n) is 14.1. The third-order valence-electron chi connectivity index (χ3n) is 7.52. The Hall–Kier alpha value is -3.92. The van der Waals surface area contributed by atoms with E-state index < -0.39 is 34.3 Å². The molecule has 0 aliphatic heterocycles. The molecule has 1 aliphatic rings. The zero-order valence-corrected chi connectivity index (χ0v) is 25.1. The summed E-state index contributed by atoms with van der Waals surface area (Å²) in [6, 6.07) is 19.2. The average Bonchev–Trinajstić information content (AvgIpc) is 3.47. The molecule has 3 aromatic carbocycles. The summed E-state index contributed by atoms with van der Waals surface area (Å²) in [7, 11) is -2.51. The van der Waals surface area contributed by atoms with Crippen LogP contribution in [-0.4, -0.2) is 57.1 Å². The predicted molar refractivity (Wildman–Crippen MR) is 161 cm³/mol. The van der Waals surface area contributed by atoms with Crippen LogP contribution in [-0.2, 0) is 32.6 Å². The molecule has 1 atom stereocenters. The topological polar surface area (TPSA) is 96.0 Å². The van der Waals surface area contributed by atoms with E-state index in [0.29, 0.717) is 11.3 Å². The molecule has 0 aromatic heterocycles. The molecule has 0 saturated heterocycles. The first kappa shape index (κ1) is 31.0. The molecule has 0 unspecified atom stereocenters. The van der Waals surface area contributed by atoms with Gasteiger partial charge < -0.3 is 15.0 Å². The van der Waals surface area contributed by atoms with Crippen molar-refractivity contribution in [2.75, 3.05) is 24.2 Å². The van der Waals surface area contributed by atoms with Crippen molar-refractivity contribution in [2.45, 2.75) is 57.7 Å². The second kappa shape index (κ2) is 13.8. The molecule has 4 rings (SSSR count). The first-order chi connectivity index (χ1) is 20.0. The monoisotopic (exact) mass is 595 g/mol. The fourth-order valence-electron chi connectivity index (χ4n) is 5.30. The van der Waals surface area contributed by atoms with Crippen LogP contribution < -0.4 is 14.4 Å². The Balaban J connectivity index is 1.75. The van der Waals surface area contributed by atoms with Crippen molar-refractivity contribution in [3.05, 3.63) is 95.3 Å². The number of carbonyl (C=O) groups excluding carboxylic acids is 2. The maximum absolute atomic E-state index is 14.2. The summed E-state index contributed by atoms with van der Waals surface area (Å²) in [5.41, 5.74) is 2.47. The summed E-state index contributed by atoms with van der Waals surface area (Å²) in [5, 5.41) is 3.13. The minimum Gasteiger partial charge on any atom is -0.495 e. The van der Waals surface area contributed by atoms with E-state index in [4.69, 9.17) is 4.74 Å². The quantitative estimate of drug-likeness (QED) is 0.330. The number of sulfonamides is 1. The van der Waals surface area contributed by atoms with Gasteiger partial charge in [-0.05, 0) is 60.7 Å². The van der Waals surface area contributed by atoms with E-state index in [2.05, 4.69) is 5.32 Å². The lowest BCUT2D eigenvalue weighted by atomic mass is 10.0. The van der Waals surface area contributed by atoms with Crippen molar-refractivity contribution < 1.29 is 27.1 Å². The third-order valence-corrected chi connectivity index (χ3v) is 8.65. The lowest BCUT2D eigenvalue weighted by Gasteiger charge is -2.34. The zero-order valence-electron chi connectivity index (χ0n) is 24.3. The third kappa shape index (κ3) is 8.09. The fourth-order valence-corrected chi connectivity index (χ4v) is 6.14. The van der Waals surface area contributed by atoms with Crippen molar-refractivity contribution in [3.63, 3.8) is 0 Å². The number of halogens is 1. The number of aryl methyl sites for hydroxylation is 1. The van der Waals surface area contributed by atoms with E-state index in [1.807, 2.05) is 37.3 Å². The standard InChI is InChI=1S/C32H38FN3O5S/c1-23-13-18-30(41-2)28(19-23)36(42(3,39)40)22-31(37)35(21-25-14-16-26(33)17-15-25)29(20-24-9-5-4-6-10-24)32(38)34-27-11-7-8-12-27/h4-6,9-10,13-19,27,29H,7-8,11-12,20-22H2,1-3H3,(H,34,38)/t29-/m1/s1. The molecule has 10 heteroatoms. The molecular formula is C32H38FN3O5S. The number of methoxy groups -OCH3 is 1. The molecule has 8 nitrogen and oxygen atoms in total. The van der Waals surface area contributed by atoms with Gasteiger partial charge >= 0.3 is 0 Å². The van der Waals surface area contributed by atoms with Crippen LogP contribution in [0.1, 0.15) is 42.4 Å². The number of benzene rings is 3. The van der Waals surface area contributed by atoms with Gasteiger partial charge in [-0.1, -0.05) is 61.4 Å². The lowest BCUT2D eigenvalue weighted by molar-refractivity contribution is -0.140. The molecule has 1 N–H and O–H groups in total. The average molecular weight is 596 g/mol. The summed E-state index contributed by atoms with van der Waals surface area (Å²) >= 11 is 0. The molecule has 3 aromatic rings. The summed E-state index contributed by atoms with van der Waals surface area (Å²) in [4.78, 5) is 29.5. The predicted octanol–water partition coefficient (Wildman–Crippen LogP) is 4.61. The fraction of sp³-hybridized carbons (Fsp3) is 0.375. The van der Waals surface area contributed by atoms with Crippen LogP contribution in [0, 0.1) is 12.7 Å². The molecule has 0 radical (unpaired) electrons. The number of hydrogen-bond acceptors (Lipinski definition) is 5. The van der Waals surface area contributed by atoms with Crippen molar-refractivity contribution in [3.8, 4) is 5.75 Å². The van der Waals surface area contributed by atoms with Crippen LogP contribution in [0.15, 0.2) is 72.8 Å². The number of hydrogen-bond donors (Lipinski definition) is 1. The summed E-state index contributed by atoms with van der Waals surface area (Å²) < 4.78 is 46.3. The van der Waals surface area contributed by atoms with Crippen LogP contribution in [0.2, 0.25) is 0 Å². The number of anilines is 1. The Morgan fingerprint density at radius 1 is 1.00 bits per heavy atom. The van der Waals surface area contributed by atoms with Gasteiger partial charge in [-0.3, -0.25) is 13.9 Å². The Kier molecular flexibility index (Phi) is 10.2. The van der Waals surface area contributed by atoms with Gasteiger partial charge in [-0.15, -0.1) is 0 Å². The normalized spacial score (nSPS) is 14.3. The van der Waals surface area contributed by atoms with Crippen LogP contribution in [0.4, 0.5) is 10.1 Å². The number of amides is 2. The molecule has 42 heavy (non-hydrogen) atoms. The summed E-state index contributed by atoms with van der Waals surface area (Å²) in [6.07, 6.45) is 5.03. The van der Waals surface area contributed by atoms with E-state index >= 15 is 0 Å². The molecule has 1 saturated carbocycles. The smallest absolute Gasteiger partial charge is 0.244 e. The number of nitrogens with zero attached hydrogens (tertiary/aromatic N) is 2.